The average Bonchev–Trinajstić information content (AvgIpc) is 3.36. The number of unbranched alkanes of at least 4 members (excludes halogenated alkanes) is 43. The van der Waals surface area contributed by atoms with Crippen LogP contribution in [-0.4, -0.2) is 37.2 Å². The van der Waals surface area contributed by atoms with E-state index in [1.165, 1.54) is 225 Å². The van der Waals surface area contributed by atoms with Crippen molar-refractivity contribution >= 4 is 17.9 Å². The van der Waals surface area contributed by atoms with Gasteiger partial charge in [0.2, 0.25) is 0 Å². The number of hydrogen-bond donors (Lipinski definition) is 0. The largest absolute Gasteiger partial charge is 0.462 e. The number of esters is 3. The molecule has 0 bridgehead atoms. The minimum Gasteiger partial charge on any atom is -0.462 e. The molecule has 0 aromatic rings. The van der Waals surface area contributed by atoms with Crippen molar-refractivity contribution in [2.24, 2.45) is 0 Å². The SMILES string of the molecule is CCCC/C=C\C/C=C\CCCCCCCC(=O)OC(COC(=O)CCCCCCCCC)COC(=O)CCCCCCCCCCCCCCCCCCCCCCCCCCCCCCCCC. The first-order valence-corrected chi connectivity index (χ1v) is 31.3. The van der Waals surface area contributed by atoms with E-state index in [-0.39, 0.29) is 31.1 Å². The minimum absolute atomic E-state index is 0.0725. The van der Waals surface area contributed by atoms with Crippen LogP contribution in [0.3, 0.4) is 0 Å². The highest BCUT2D eigenvalue weighted by Crippen LogP contribution is 2.18. The lowest BCUT2D eigenvalue weighted by atomic mass is 10.0. The molecule has 0 rings (SSSR count). The Balaban J connectivity index is 3.95. The molecule has 0 heterocycles. The first kappa shape index (κ1) is 67.9. The molecule has 0 radical (unpaired) electrons. The predicted molar refractivity (Wildman–Crippen MR) is 303 cm³/mol. The predicted octanol–water partition coefficient (Wildman–Crippen LogP) is 21.1. The molecule has 0 aromatic carbocycles. The monoisotopic (exact) mass is 985 g/mol. The summed E-state index contributed by atoms with van der Waals surface area (Å²) in [5, 5.41) is 0. The van der Waals surface area contributed by atoms with Crippen molar-refractivity contribution in [3.05, 3.63) is 24.3 Å². The second-order valence-electron chi connectivity index (χ2n) is 21.3. The lowest BCUT2D eigenvalue weighted by Crippen LogP contribution is -2.30. The van der Waals surface area contributed by atoms with Gasteiger partial charge in [0.25, 0.3) is 0 Å². The van der Waals surface area contributed by atoms with Gasteiger partial charge in [0.15, 0.2) is 6.10 Å². The van der Waals surface area contributed by atoms with E-state index in [1.807, 2.05) is 0 Å². The molecule has 6 heteroatoms. The molecule has 0 N–H and O–H groups in total. The van der Waals surface area contributed by atoms with Crippen molar-refractivity contribution < 1.29 is 28.6 Å². The lowest BCUT2D eigenvalue weighted by molar-refractivity contribution is -0.167. The van der Waals surface area contributed by atoms with Crippen LogP contribution in [-0.2, 0) is 28.6 Å². The number of allylic oxidation sites excluding steroid dienone is 4. The molecule has 70 heavy (non-hydrogen) atoms. The summed E-state index contributed by atoms with van der Waals surface area (Å²) in [4.78, 5) is 37.9. The Morgan fingerprint density at radius 1 is 0.286 bits per heavy atom. The van der Waals surface area contributed by atoms with Gasteiger partial charge in [-0.15, -0.1) is 0 Å². The van der Waals surface area contributed by atoms with Crippen molar-refractivity contribution in [3.63, 3.8) is 0 Å². The maximum absolute atomic E-state index is 12.8. The standard InChI is InChI=1S/C64H120O6/c1-4-7-10-13-16-18-20-22-24-25-26-27-28-29-30-31-32-33-34-35-36-37-38-39-40-42-43-45-48-51-54-57-63(66)69-60-61(59-68-62(65)56-53-50-47-15-12-9-6-3)70-64(67)58-55-52-49-46-44-41-23-21-19-17-14-11-8-5-2/h14,17,21,23,61H,4-13,15-16,18-20,22,24-60H2,1-3H3/b17-14-,23-21-. The topological polar surface area (TPSA) is 78.9 Å². The van der Waals surface area contributed by atoms with Gasteiger partial charge >= 0.3 is 17.9 Å². The Hall–Kier alpha value is -2.11. The highest BCUT2D eigenvalue weighted by atomic mass is 16.6. The Morgan fingerprint density at radius 2 is 0.529 bits per heavy atom. The minimum atomic E-state index is -0.772. The summed E-state index contributed by atoms with van der Waals surface area (Å²) < 4.78 is 16.8. The van der Waals surface area contributed by atoms with Crippen LogP contribution >= 0.6 is 0 Å². The third-order valence-corrected chi connectivity index (χ3v) is 14.2. The molecule has 412 valence electrons. The van der Waals surface area contributed by atoms with Gasteiger partial charge in [0.05, 0.1) is 0 Å². The zero-order valence-corrected chi connectivity index (χ0v) is 47.3. The number of carbonyl (C=O) groups is 3. The normalized spacial score (nSPS) is 12.1. The van der Waals surface area contributed by atoms with E-state index in [9.17, 15) is 14.4 Å². The average molecular weight is 986 g/mol. The molecule has 0 amide bonds. The molecule has 0 aliphatic carbocycles. The fourth-order valence-corrected chi connectivity index (χ4v) is 9.46. The van der Waals surface area contributed by atoms with Gasteiger partial charge in [-0.2, -0.15) is 0 Å². The first-order valence-electron chi connectivity index (χ1n) is 31.3. The van der Waals surface area contributed by atoms with E-state index < -0.39 is 6.10 Å². The summed E-state index contributed by atoms with van der Waals surface area (Å²) in [7, 11) is 0. The van der Waals surface area contributed by atoms with Crippen LogP contribution in [0.2, 0.25) is 0 Å². The van der Waals surface area contributed by atoms with Gasteiger partial charge in [0, 0.05) is 19.3 Å². The van der Waals surface area contributed by atoms with Crippen molar-refractivity contribution in [2.45, 2.75) is 354 Å². The summed E-state index contributed by atoms with van der Waals surface area (Å²) in [5.74, 6) is -0.875. The quantitative estimate of drug-likeness (QED) is 0.0261. The van der Waals surface area contributed by atoms with Gasteiger partial charge in [-0.05, 0) is 44.9 Å². The Bertz CT molecular complexity index is 1130. The fourth-order valence-electron chi connectivity index (χ4n) is 9.46. The summed E-state index contributed by atoms with van der Waals surface area (Å²) in [6.45, 7) is 6.59. The molecule has 0 aliphatic heterocycles. The van der Waals surface area contributed by atoms with Crippen LogP contribution in [0.4, 0.5) is 0 Å². The second kappa shape index (κ2) is 59.5. The smallest absolute Gasteiger partial charge is 0.306 e. The highest BCUT2D eigenvalue weighted by molar-refractivity contribution is 5.71. The molecule has 6 nitrogen and oxygen atoms in total. The fraction of sp³-hybridized carbons (Fsp3) is 0.891. The molecular formula is C64H120O6. The maximum Gasteiger partial charge on any atom is 0.306 e. The summed E-state index contributed by atoms with van der Waals surface area (Å²) in [6.07, 6.45) is 70.9. The van der Waals surface area contributed by atoms with E-state index in [4.69, 9.17) is 14.2 Å². The first-order chi connectivity index (χ1) is 34.5. The van der Waals surface area contributed by atoms with Crippen LogP contribution in [0.5, 0.6) is 0 Å². The van der Waals surface area contributed by atoms with Gasteiger partial charge in [-0.1, -0.05) is 308 Å². The van der Waals surface area contributed by atoms with Crippen molar-refractivity contribution in [2.75, 3.05) is 13.2 Å². The van der Waals surface area contributed by atoms with Crippen LogP contribution in [0.25, 0.3) is 0 Å². The van der Waals surface area contributed by atoms with Gasteiger partial charge in [-0.25, -0.2) is 0 Å². The van der Waals surface area contributed by atoms with Crippen molar-refractivity contribution in [1.82, 2.24) is 0 Å². The zero-order valence-electron chi connectivity index (χ0n) is 47.3. The highest BCUT2D eigenvalue weighted by Gasteiger charge is 2.19. The van der Waals surface area contributed by atoms with Crippen LogP contribution in [0.1, 0.15) is 348 Å². The third kappa shape index (κ3) is 56.8. The van der Waals surface area contributed by atoms with Gasteiger partial charge in [-0.3, -0.25) is 14.4 Å². The van der Waals surface area contributed by atoms with Crippen LogP contribution in [0, 0.1) is 0 Å². The van der Waals surface area contributed by atoms with E-state index >= 15 is 0 Å². The van der Waals surface area contributed by atoms with E-state index in [2.05, 4.69) is 45.1 Å². The molecule has 0 saturated heterocycles. The second-order valence-corrected chi connectivity index (χ2v) is 21.3. The Kier molecular flexibility index (Phi) is 57.7. The number of rotatable bonds is 58. The Labute approximate surface area is 436 Å². The molecular weight excluding hydrogens is 865 g/mol. The molecule has 1 atom stereocenters. The third-order valence-electron chi connectivity index (χ3n) is 14.2. The summed E-state index contributed by atoms with van der Waals surface area (Å²) in [6, 6.07) is 0. The molecule has 0 aliphatic rings. The van der Waals surface area contributed by atoms with Crippen molar-refractivity contribution in [3.8, 4) is 0 Å². The zero-order chi connectivity index (χ0) is 50.7. The van der Waals surface area contributed by atoms with Crippen molar-refractivity contribution in [1.29, 1.82) is 0 Å². The molecule has 0 fully saturated rings. The summed E-state index contributed by atoms with van der Waals surface area (Å²) in [5.41, 5.74) is 0. The number of hydrogen-bond acceptors (Lipinski definition) is 6. The number of carbonyl (C=O) groups excluding carboxylic acids is 3. The maximum atomic E-state index is 12.8. The lowest BCUT2D eigenvalue weighted by Gasteiger charge is -2.18. The van der Waals surface area contributed by atoms with Crippen LogP contribution in [0.15, 0.2) is 24.3 Å². The molecule has 0 spiro atoms. The molecule has 0 saturated carbocycles. The Morgan fingerprint density at radius 3 is 0.829 bits per heavy atom. The summed E-state index contributed by atoms with van der Waals surface area (Å²) >= 11 is 0. The number of ether oxygens (including phenoxy) is 3. The van der Waals surface area contributed by atoms with Gasteiger partial charge in [0.1, 0.15) is 13.2 Å². The van der Waals surface area contributed by atoms with E-state index in [1.54, 1.807) is 0 Å². The molecule has 0 aromatic heterocycles. The molecule has 1 unspecified atom stereocenters. The van der Waals surface area contributed by atoms with Gasteiger partial charge < -0.3 is 14.2 Å². The van der Waals surface area contributed by atoms with E-state index in [0.717, 1.165) is 83.5 Å². The van der Waals surface area contributed by atoms with Crippen LogP contribution < -0.4 is 0 Å². The van der Waals surface area contributed by atoms with E-state index in [0.29, 0.717) is 19.3 Å².